The maximum atomic E-state index is 12.4. The Morgan fingerprint density at radius 2 is 2.14 bits per heavy atom. The number of aromatic hydroxyl groups is 1. The van der Waals surface area contributed by atoms with Crippen molar-refractivity contribution >= 4 is 17.4 Å². The normalized spacial score (nSPS) is 13.8. The fourth-order valence-electron chi connectivity index (χ4n) is 2.10. The third-order valence-electron chi connectivity index (χ3n) is 3.43. The first kappa shape index (κ1) is 13.4. The van der Waals surface area contributed by atoms with E-state index in [9.17, 15) is 9.90 Å². The zero-order chi connectivity index (χ0) is 14.8. The third kappa shape index (κ3) is 3.13. The molecule has 21 heavy (non-hydrogen) atoms. The average Bonchev–Trinajstić information content (AvgIpc) is 3.26. The standard InChI is InChI=1S/C16H17N3O2/c1-10-9-12(20)6-7-14(10)19-16(21)13-3-2-8-17-15(13)18-11-4-5-11/h2-3,6-9,11,20H,4-5H2,1H3,(H,17,18)(H,19,21). The molecule has 1 amide bonds. The molecule has 0 atom stereocenters. The van der Waals surface area contributed by atoms with Gasteiger partial charge in [0.25, 0.3) is 5.91 Å². The topological polar surface area (TPSA) is 74.2 Å². The number of phenolic OH excluding ortho intramolecular Hbond substituents is 1. The molecule has 0 unspecified atom stereocenters. The minimum Gasteiger partial charge on any atom is -0.508 e. The first-order valence-electron chi connectivity index (χ1n) is 6.96. The molecule has 0 radical (unpaired) electrons. The summed E-state index contributed by atoms with van der Waals surface area (Å²) in [5, 5.41) is 15.5. The van der Waals surface area contributed by atoms with Gasteiger partial charge in [0, 0.05) is 17.9 Å². The van der Waals surface area contributed by atoms with Crippen molar-refractivity contribution in [2.24, 2.45) is 0 Å². The van der Waals surface area contributed by atoms with E-state index in [2.05, 4.69) is 15.6 Å². The highest BCUT2D eigenvalue weighted by Crippen LogP contribution is 2.26. The van der Waals surface area contributed by atoms with Crippen LogP contribution in [0.5, 0.6) is 5.75 Å². The van der Waals surface area contributed by atoms with Gasteiger partial charge in [-0.2, -0.15) is 0 Å². The number of amides is 1. The molecule has 0 spiro atoms. The maximum absolute atomic E-state index is 12.4. The Kier molecular flexibility index (Phi) is 3.48. The molecular weight excluding hydrogens is 266 g/mol. The Hall–Kier alpha value is -2.56. The van der Waals surface area contributed by atoms with Crippen molar-refractivity contribution in [3.63, 3.8) is 0 Å². The van der Waals surface area contributed by atoms with Crippen LogP contribution in [0.4, 0.5) is 11.5 Å². The summed E-state index contributed by atoms with van der Waals surface area (Å²) in [6.07, 6.45) is 3.91. The lowest BCUT2D eigenvalue weighted by atomic mass is 10.1. The van der Waals surface area contributed by atoms with Gasteiger partial charge in [-0.05, 0) is 55.7 Å². The summed E-state index contributed by atoms with van der Waals surface area (Å²) in [5.41, 5.74) is 2.01. The van der Waals surface area contributed by atoms with Gasteiger partial charge in [0.15, 0.2) is 0 Å². The summed E-state index contributed by atoms with van der Waals surface area (Å²) in [4.78, 5) is 16.7. The molecule has 5 heteroatoms. The van der Waals surface area contributed by atoms with Gasteiger partial charge in [0.05, 0.1) is 5.56 Å². The minimum atomic E-state index is -0.208. The molecule has 2 aromatic rings. The number of nitrogens with one attached hydrogen (secondary N) is 2. The number of aryl methyl sites for hydroxylation is 1. The van der Waals surface area contributed by atoms with Crippen LogP contribution < -0.4 is 10.6 Å². The average molecular weight is 283 g/mol. The van der Waals surface area contributed by atoms with E-state index in [1.165, 1.54) is 0 Å². The summed E-state index contributed by atoms with van der Waals surface area (Å²) in [7, 11) is 0. The molecule has 1 fully saturated rings. The molecule has 1 aliphatic rings. The predicted octanol–water partition coefficient (Wildman–Crippen LogP) is 2.92. The van der Waals surface area contributed by atoms with E-state index in [4.69, 9.17) is 0 Å². The summed E-state index contributed by atoms with van der Waals surface area (Å²) >= 11 is 0. The van der Waals surface area contributed by atoms with Gasteiger partial charge in [-0.15, -0.1) is 0 Å². The van der Waals surface area contributed by atoms with Crippen molar-refractivity contribution in [2.75, 3.05) is 10.6 Å². The lowest BCUT2D eigenvalue weighted by Crippen LogP contribution is -2.16. The number of benzene rings is 1. The second-order valence-electron chi connectivity index (χ2n) is 5.27. The molecule has 3 N–H and O–H groups in total. The van der Waals surface area contributed by atoms with Crippen LogP contribution in [0.2, 0.25) is 0 Å². The quantitative estimate of drug-likeness (QED) is 0.754. The Balaban J connectivity index is 1.81. The van der Waals surface area contributed by atoms with Crippen LogP contribution >= 0.6 is 0 Å². The van der Waals surface area contributed by atoms with Crippen LogP contribution in [-0.4, -0.2) is 22.0 Å². The Morgan fingerprint density at radius 1 is 1.33 bits per heavy atom. The van der Waals surface area contributed by atoms with Crippen molar-refractivity contribution in [1.82, 2.24) is 4.98 Å². The molecule has 5 nitrogen and oxygen atoms in total. The van der Waals surface area contributed by atoms with Gasteiger partial charge in [0.1, 0.15) is 11.6 Å². The van der Waals surface area contributed by atoms with Gasteiger partial charge < -0.3 is 15.7 Å². The highest BCUT2D eigenvalue weighted by molar-refractivity contribution is 6.07. The van der Waals surface area contributed by atoms with Crippen LogP contribution in [0.15, 0.2) is 36.5 Å². The number of carbonyl (C=O) groups excluding carboxylic acids is 1. The Morgan fingerprint density at radius 3 is 2.86 bits per heavy atom. The molecule has 0 aliphatic heterocycles. The van der Waals surface area contributed by atoms with E-state index in [0.717, 1.165) is 18.4 Å². The number of hydrogen-bond acceptors (Lipinski definition) is 4. The number of rotatable bonds is 4. The summed E-state index contributed by atoms with van der Waals surface area (Å²) < 4.78 is 0. The van der Waals surface area contributed by atoms with E-state index in [1.54, 1.807) is 36.5 Å². The van der Waals surface area contributed by atoms with Crippen molar-refractivity contribution in [3.8, 4) is 5.75 Å². The zero-order valence-corrected chi connectivity index (χ0v) is 11.8. The molecule has 1 aliphatic carbocycles. The SMILES string of the molecule is Cc1cc(O)ccc1NC(=O)c1cccnc1NC1CC1. The van der Waals surface area contributed by atoms with Crippen molar-refractivity contribution in [2.45, 2.75) is 25.8 Å². The fraction of sp³-hybridized carbons (Fsp3) is 0.250. The molecule has 0 saturated heterocycles. The fourth-order valence-corrected chi connectivity index (χ4v) is 2.10. The number of phenols is 1. The van der Waals surface area contributed by atoms with E-state index in [-0.39, 0.29) is 11.7 Å². The predicted molar refractivity (Wildman–Crippen MR) is 81.7 cm³/mol. The molecule has 0 bridgehead atoms. The Labute approximate surface area is 123 Å². The molecular formula is C16H17N3O2. The van der Waals surface area contributed by atoms with Crippen LogP contribution in [0.25, 0.3) is 0 Å². The molecule has 1 aromatic carbocycles. The molecule has 1 heterocycles. The number of pyridine rings is 1. The van der Waals surface area contributed by atoms with Gasteiger partial charge in [-0.3, -0.25) is 4.79 Å². The summed E-state index contributed by atoms with van der Waals surface area (Å²) in [6, 6.07) is 8.78. The van der Waals surface area contributed by atoms with Crippen molar-refractivity contribution in [1.29, 1.82) is 0 Å². The first-order valence-corrected chi connectivity index (χ1v) is 6.96. The summed E-state index contributed by atoms with van der Waals surface area (Å²) in [5.74, 6) is 0.594. The number of nitrogens with zero attached hydrogens (tertiary/aromatic N) is 1. The smallest absolute Gasteiger partial charge is 0.259 e. The van der Waals surface area contributed by atoms with Gasteiger partial charge >= 0.3 is 0 Å². The Bertz CT molecular complexity index is 681. The van der Waals surface area contributed by atoms with Crippen LogP contribution in [0.1, 0.15) is 28.8 Å². The minimum absolute atomic E-state index is 0.183. The molecule has 108 valence electrons. The van der Waals surface area contributed by atoms with Gasteiger partial charge in [-0.1, -0.05) is 0 Å². The molecule has 1 aromatic heterocycles. The summed E-state index contributed by atoms with van der Waals surface area (Å²) in [6.45, 7) is 1.84. The van der Waals surface area contributed by atoms with E-state index >= 15 is 0 Å². The zero-order valence-electron chi connectivity index (χ0n) is 11.8. The van der Waals surface area contributed by atoms with Crippen LogP contribution in [0.3, 0.4) is 0 Å². The first-order chi connectivity index (χ1) is 10.1. The maximum Gasteiger partial charge on any atom is 0.259 e. The monoisotopic (exact) mass is 283 g/mol. The van der Waals surface area contributed by atoms with E-state index in [1.807, 2.05) is 6.92 Å². The number of anilines is 2. The van der Waals surface area contributed by atoms with Crippen LogP contribution in [-0.2, 0) is 0 Å². The second-order valence-corrected chi connectivity index (χ2v) is 5.27. The van der Waals surface area contributed by atoms with Gasteiger partial charge in [0.2, 0.25) is 0 Å². The largest absolute Gasteiger partial charge is 0.508 e. The second kappa shape index (κ2) is 5.44. The van der Waals surface area contributed by atoms with E-state index in [0.29, 0.717) is 23.1 Å². The van der Waals surface area contributed by atoms with Crippen molar-refractivity contribution < 1.29 is 9.90 Å². The highest BCUT2D eigenvalue weighted by atomic mass is 16.3. The molecule has 3 rings (SSSR count). The highest BCUT2D eigenvalue weighted by Gasteiger charge is 2.23. The van der Waals surface area contributed by atoms with Crippen molar-refractivity contribution in [3.05, 3.63) is 47.7 Å². The number of carbonyl (C=O) groups is 1. The molecule has 1 saturated carbocycles. The third-order valence-corrected chi connectivity index (χ3v) is 3.43. The van der Waals surface area contributed by atoms with E-state index < -0.39 is 0 Å². The number of aromatic nitrogens is 1. The lowest BCUT2D eigenvalue weighted by Gasteiger charge is -2.12. The van der Waals surface area contributed by atoms with Gasteiger partial charge in [-0.25, -0.2) is 4.98 Å². The van der Waals surface area contributed by atoms with Crippen LogP contribution in [0, 0.1) is 6.92 Å². The number of hydrogen-bond donors (Lipinski definition) is 3. The lowest BCUT2D eigenvalue weighted by molar-refractivity contribution is 0.102.